The number of hydrogen-bond donors (Lipinski definition) is 1. The van der Waals surface area contributed by atoms with Gasteiger partial charge in [0.25, 0.3) is 0 Å². The molecule has 5 nitrogen and oxygen atoms in total. The number of likely N-dealkylation sites (tertiary alicyclic amines) is 1. The molecule has 0 aliphatic carbocycles. The van der Waals surface area contributed by atoms with Crippen LogP contribution in [0.1, 0.15) is 12.8 Å². The first-order valence-corrected chi connectivity index (χ1v) is 4.66. The standard InChI is InChI=1S/C9H16N2O3/c1-10-4-3-7(6-10)11(2)8(12)5-9(13)14/h7H,3-6H2,1-2H3,(H,13,14). The minimum Gasteiger partial charge on any atom is -0.481 e. The number of carbonyl (C=O) groups is 2. The quantitative estimate of drug-likeness (QED) is 0.631. The van der Waals surface area contributed by atoms with E-state index < -0.39 is 12.4 Å². The zero-order valence-electron chi connectivity index (χ0n) is 8.56. The Hall–Kier alpha value is -1.10. The molecule has 0 aromatic carbocycles. The molecule has 1 aliphatic heterocycles. The maximum Gasteiger partial charge on any atom is 0.312 e. The zero-order chi connectivity index (χ0) is 10.7. The van der Waals surface area contributed by atoms with Crippen molar-refractivity contribution in [2.45, 2.75) is 18.9 Å². The zero-order valence-corrected chi connectivity index (χ0v) is 8.56. The summed E-state index contributed by atoms with van der Waals surface area (Å²) in [7, 11) is 3.67. The summed E-state index contributed by atoms with van der Waals surface area (Å²) in [6, 6.07) is 0.173. The molecule has 0 aromatic heterocycles. The van der Waals surface area contributed by atoms with E-state index in [0.717, 1.165) is 19.5 Å². The number of rotatable bonds is 3. The van der Waals surface area contributed by atoms with Crippen molar-refractivity contribution in [1.82, 2.24) is 9.80 Å². The summed E-state index contributed by atoms with van der Waals surface area (Å²) in [6.45, 7) is 1.80. The highest BCUT2D eigenvalue weighted by Crippen LogP contribution is 2.13. The molecular formula is C9H16N2O3. The van der Waals surface area contributed by atoms with Crippen LogP contribution in [0.5, 0.6) is 0 Å². The fourth-order valence-electron chi connectivity index (χ4n) is 1.69. The summed E-state index contributed by atoms with van der Waals surface area (Å²) in [5.74, 6) is -1.37. The van der Waals surface area contributed by atoms with E-state index in [2.05, 4.69) is 4.90 Å². The summed E-state index contributed by atoms with van der Waals surface area (Å²) >= 11 is 0. The van der Waals surface area contributed by atoms with Gasteiger partial charge in [-0.05, 0) is 20.0 Å². The number of carboxylic acid groups (broad SMARTS) is 1. The molecule has 14 heavy (non-hydrogen) atoms. The van der Waals surface area contributed by atoms with Crippen molar-refractivity contribution in [3.8, 4) is 0 Å². The summed E-state index contributed by atoms with van der Waals surface area (Å²) < 4.78 is 0. The lowest BCUT2D eigenvalue weighted by Gasteiger charge is -2.23. The first kappa shape index (κ1) is 11.0. The predicted molar refractivity (Wildman–Crippen MR) is 50.9 cm³/mol. The molecule has 0 bridgehead atoms. The highest BCUT2D eigenvalue weighted by atomic mass is 16.4. The fraction of sp³-hybridized carbons (Fsp3) is 0.778. The van der Waals surface area contributed by atoms with E-state index in [9.17, 15) is 9.59 Å². The number of amides is 1. The Kier molecular flexibility index (Phi) is 3.46. The van der Waals surface area contributed by atoms with Crippen LogP contribution in [0.4, 0.5) is 0 Å². The van der Waals surface area contributed by atoms with Crippen molar-refractivity contribution in [3.05, 3.63) is 0 Å². The lowest BCUT2D eigenvalue weighted by Crippen LogP contribution is -2.39. The van der Waals surface area contributed by atoms with Crippen LogP contribution in [-0.2, 0) is 9.59 Å². The minimum atomic E-state index is -1.06. The Morgan fingerprint density at radius 2 is 2.21 bits per heavy atom. The predicted octanol–water partition coefficient (Wildman–Crippen LogP) is -0.376. The molecule has 1 unspecified atom stereocenters. The van der Waals surface area contributed by atoms with E-state index in [4.69, 9.17) is 5.11 Å². The number of carbonyl (C=O) groups excluding carboxylic acids is 1. The lowest BCUT2D eigenvalue weighted by molar-refractivity contribution is -0.144. The highest BCUT2D eigenvalue weighted by Gasteiger charge is 2.26. The molecule has 80 valence electrons. The Labute approximate surface area is 83.3 Å². The van der Waals surface area contributed by atoms with E-state index in [0.29, 0.717) is 0 Å². The van der Waals surface area contributed by atoms with Crippen LogP contribution in [0.3, 0.4) is 0 Å². The monoisotopic (exact) mass is 200 g/mol. The van der Waals surface area contributed by atoms with Gasteiger partial charge >= 0.3 is 5.97 Å². The van der Waals surface area contributed by atoms with Crippen molar-refractivity contribution >= 4 is 11.9 Å². The van der Waals surface area contributed by atoms with Gasteiger partial charge in [0.2, 0.25) is 5.91 Å². The van der Waals surface area contributed by atoms with Crippen LogP contribution in [0.2, 0.25) is 0 Å². The van der Waals surface area contributed by atoms with Crippen molar-refractivity contribution in [3.63, 3.8) is 0 Å². The Morgan fingerprint density at radius 1 is 1.57 bits per heavy atom. The van der Waals surface area contributed by atoms with Crippen LogP contribution >= 0.6 is 0 Å². The second kappa shape index (κ2) is 4.41. The maximum absolute atomic E-state index is 11.4. The summed E-state index contributed by atoms with van der Waals surface area (Å²) in [5, 5.41) is 8.47. The first-order chi connectivity index (χ1) is 6.50. The fourth-order valence-corrected chi connectivity index (χ4v) is 1.69. The van der Waals surface area contributed by atoms with Gasteiger partial charge < -0.3 is 14.9 Å². The van der Waals surface area contributed by atoms with Gasteiger partial charge in [-0.1, -0.05) is 0 Å². The number of nitrogens with zero attached hydrogens (tertiary/aromatic N) is 2. The third-order valence-corrected chi connectivity index (χ3v) is 2.61. The van der Waals surface area contributed by atoms with Crippen LogP contribution in [0, 0.1) is 0 Å². The molecule has 1 saturated heterocycles. The summed E-state index contributed by atoms with van der Waals surface area (Å²) in [6.07, 6.45) is 0.523. The first-order valence-electron chi connectivity index (χ1n) is 4.66. The van der Waals surface area contributed by atoms with Crippen molar-refractivity contribution < 1.29 is 14.7 Å². The van der Waals surface area contributed by atoms with Gasteiger partial charge in [0, 0.05) is 19.6 Å². The molecule has 1 atom stereocenters. The topological polar surface area (TPSA) is 60.9 Å². The number of likely N-dealkylation sites (N-methyl/N-ethyl adjacent to an activating group) is 2. The molecule has 0 aromatic rings. The van der Waals surface area contributed by atoms with Crippen LogP contribution in [0.15, 0.2) is 0 Å². The Morgan fingerprint density at radius 3 is 2.64 bits per heavy atom. The number of carboxylic acids is 1. The maximum atomic E-state index is 11.4. The van der Waals surface area contributed by atoms with Gasteiger partial charge in [-0.2, -0.15) is 0 Å². The van der Waals surface area contributed by atoms with Gasteiger partial charge in [0.05, 0.1) is 0 Å². The van der Waals surface area contributed by atoms with Crippen LogP contribution in [0.25, 0.3) is 0 Å². The lowest BCUT2D eigenvalue weighted by atomic mass is 10.2. The van der Waals surface area contributed by atoms with Crippen molar-refractivity contribution in [1.29, 1.82) is 0 Å². The molecule has 1 heterocycles. The largest absolute Gasteiger partial charge is 0.481 e. The molecule has 0 saturated carbocycles. The van der Waals surface area contributed by atoms with Gasteiger partial charge in [-0.25, -0.2) is 0 Å². The summed E-state index contributed by atoms with van der Waals surface area (Å²) in [4.78, 5) is 25.4. The SMILES string of the molecule is CN1CCC(N(C)C(=O)CC(=O)O)C1. The van der Waals surface area contributed by atoms with Gasteiger partial charge in [-0.15, -0.1) is 0 Å². The molecule has 5 heteroatoms. The van der Waals surface area contributed by atoms with E-state index in [-0.39, 0.29) is 11.9 Å². The van der Waals surface area contributed by atoms with Gasteiger partial charge in [0.15, 0.2) is 0 Å². The molecular weight excluding hydrogens is 184 g/mol. The summed E-state index contributed by atoms with van der Waals surface area (Å²) in [5.41, 5.74) is 0. The molecule has 1 aliphatic rings. The smallest absolute Gasteiger partial charge is 0.312 e. The average Bonchev–Trinajstić information content (AvgIpc) is 2.49. The third-order valence-electron chi connectivity index (χ3n) is 2.61. The third kappa shape index (κ3) is 2.70. The molecule has 1 amide bonds. The van der Waals surface area contributed by atoms with E-state index in [1.165, 1.54) is 0 Å². The molecule has 1 N–H and O–H groups in total. The van der Waals surface area contributed by atoms with E-state index in [1.54, 1.807) is 11.9 Å². The Balaban J connectivity index is 2.44. The van der Waals surface area contributed by atoms with Crippen LogP contribution < -0.4 is 0 Å². The van der Waals surface area contributed by atoms with E-state index in [1.807, 2.05) is 7.05 Å². The number of hydrogen-bond acceptors (Lipinski definition) is 3. The highest BCUT2D eigenvalue weighted by molar-refractivity contribution is 5.93. The van der Waals surface area contributed by atoms with Gasteiger partial charge in [0.1, 0.15) is 6.42 Å². The van der Waals surface area contributed by atoms with Crippen LogP contribution in [-0.4, -0.2) is 60.0 Å². The molecule has 0 radical (unpaired) electrons. The van der Waals surface area contributed by atoms with Crippen molar-refractivity contribution in [2.75, 3.05) is 27.2 Å². The Bertz CT molecular complexity index is 242. The molecule has 1 fully saturated rings. The van der Waals surface area contributed by atoms with Crippen molar-refractivity contribution in [2.24, 2.45) is 0 Å². The second-order valence-electron chi connectivity index (χ2n) is 3.78. The molecule has 0 spiro atoms. The second-order valence-corrected chi connectivity index (χ2v) is 3.78. The average molecular weight is 200 g/mol. The van der Waals surface area contributed by atoms with E-state index >= 15 is 0 Å². The normalized spacial score (nSPS) is 22.3. The molecule has 1 rings (SSSR count). The van der Waals surface area contributed by atoms with Gasteiger partial charge in [-0.3, -0.25) is 9.59 Å². The minimum absolute atomic E-state index is 0.173. The number of aliphatic carboxylic acids is 1.